The summed E-state index contributed by atoms with van der Waals surface area (Å²) >= 11 is 3.75. The van der Waals surface area contributed by atoms with Crippen LogP contribution in [0.3, 0.4) is 0 Å². The number of nitrogens with one attached hydrogen (secondary N) is 1. The molecule has 1 unspecified atom stereocenters. The summed E-state index contributed by atoms with van der Waals surface area (Å²) in [5.74, 6) is 0.997. The van der Waals surface area contributed by atoms with Crippen LogP contribution in [0.1, 0.15) is 11.7 Å². The lowest BCUT2D eigenvalue weighted by molar-refractivity contribution is 0.177. The van der Waals surface area contributed by atoms with Crippen LogP contribution in [0.15, 0.2) is 65.3 Å². The summed E-state index contributed by atoms with van der Waals surface area (Å²) in [5.41, 5.74) is 3.68. The molecule has 4 rings (SSSR count). The number of rotatable bonds is 6. The van der Waals surface area contributed by atoms with Gasteiger partial charge in [-0.3, -0.25) is 4.90 Å². The number of hydrogen-bond acceptors (Lipinski definition) is 4. The fraction of sp³-hybridized carbons (Fsp3) is 0.348. The Morgan fingerprint density at radius 1 is 0.966 bits per heavy atom. The van der Waals surface area contributed by atoms with E-state index in [1.165, 1.54) is 11.4 Å². The molecule has 1 fully saturated rings. The molecule has 0 amide bonds. The molecule has 1 saturated heterocycles. The van der Waals surface area contributed by atoms with Crippen LogP contribution in [-0.4, -0.2) is 54.2 Å². The number of aromatic nitrogens is 2. The van der Waals surface area contributed by atoms with Gasteiger partial charge in [-0.15, -0.1) is 0 Å². The molecular weight excluding hydrogens is 426 g/mol. The largest absolute Gasteiger partial charge is 0.369 e. The Labute approximate surface area is 181 Å². The van der Waals surface area contributed by atoms with Gasteiger partial charge in [0.15, 0.2) is 0 Å². The van der Waals surface area contributed by atoms with Gasteiger partial charge in [0.05, 0.1) is 11.7 Å². The highest BCUT2D eigenvalue weighted by Gasteiger charge is 2.29. The van der Waals surface area contributed by atoms with E-state index >= 15 is 0 Å². The van der Waals surface area contributed by atoms with E-state index in [0.29, 0.717) is 0 Å². The van der Waals surface area contributed by atoms with Crippen molar-refractivity contribution in [1.82, 2.24) is 19.8 Å². The molecule has 0 radical (unpaired) electrons. The minimum atomic E-state index is 0.266. The second-order valence-corrected chi connectivity index (χ2v) is 8.22. The van der Waals surface area contributed by atoms with Gasteiger partial charge in [0, 0.05) is 51.0 Å². The Morgan fingerprint density at radius 2 is 1.59 bits per heavy atom. The first kappa shape index (κ1) is 20.1. The van der Waals surface area contributed by atoms with Gasteiger partial charge in [0.2, 0.25) is 0 Å². The first-order valence-electron chi connectivity index (χ1n) is 10.1. The highest BCUT2D eigenvalue weighted by Crippen LogP contribution is 2.32. The summed E-state index contributed by atoms with van der Waals surface area (Å²) in [6, 6.07) is 21.4. The molecular formula is C23H28BrN5. The SMILES string of the molecule is CNCC(c1c(Br)nc(-c2ccccc2)n1C)N1CCN(c2ccccc2)CC1. The summed E-state index contributed by atoms with van der Waals surface area (Å²) in [7, 11) is 4.15. The van der Waals surface area contributed by atoms with Crippen LogP contribution < -0.4 is 10.2 Å². The standard InChI is InChI=1S/C23H28BrN5/c1-25-17-20(29-15-13-28(14-16-29)19-11-7-4-8-12-19)21-22(24)26-23(27(21)2)18-9-5-3-6-10-18/h3-12,20,25H,13-17H2,1-2H3. The Bertz CT molecular complexity index is 917. The fourth-order valence-electron chi connectivity index (χ4n) is 4.21. The molecule has 1 aliphatic rings. The van der Waals surface area contributed by atoms with E-state index in [2.05, 4.69) is 97.3 Å². The van der Waals surface area contributed by atoms with Crippen LogP contribution in [0.4, 0.5) is 5.69 Å². The molecule has 29 heavy (non-hydrogen) atoms. The van der Waals surface area contributed by atoms with Crippen molar-refractivity contribution in [3.8, 4) is 11.4 Å². The van der Waals surface area contributed by atoms with Crippen molar-refractivity contribution in [3.63, 3.8) is 0 Å². The molecule has 0 bridgehead atoms. The van der Waals surface area contributed by atoms with Gasteiger partial charge in [-0.2, -0.15) is 0 Å². The maximum atomic E-state index is 4.86. The van der Waals surface area contributed by atoms with Crippen molar-refractivity contribution in [2.24, 2.45) is 7.05 Å². The molecule has 1 N–H and O–H groups in total. The molecule has 1 aliphatic heterocycles. The van der Waals surface area contributed by atoms with Gasteiger partial charge >= 0.3 is 0 Å². The number of para-hydroxylation sites is 1. The van der Waals surface area contributed by atoms with Gasteiger partial charge in [0.1, 0.15) is 10.4 Å². The molecule has 152 valence electrons. The lowest BCUT2D eigenvalue weighted by Gasteiger charge is -2.40. The molecule has 3 aromatic rings. The average Bonchev–Trinajstić information content (AvgIpc) is 3.07. The number of imidazole rings is 1. The van der Waals surface area contributed by atoms with Crippen molar-refractivity contribution < 1.29 is 0 Å². The van der Waals surface area contributed by atoms with Crippen molar-refractivity contribution in [2.45, 2.75) is 6.04 Å². The van der Waals surface area contributed by atoms with Gasteiger partial charge in [0.25, 0.3) is 0 Å². The van der Waals surface area contributed by atoms with E-state index in [1.54, 1.807) is 0 Å². The first-order valence-corrected chi connectivity index (χ1v) is 10.9. The Hall–Kier alpha value is -2.15. The van der Waals surface area contributed by atoms with Crippen molar-refractivity contribution in [2.75, 3.05) is 44.7 Å². The second-order valence-electron chi connectivity index (χ2n) is 7.47. The fourth-order valence-corrected chi connectivity index (χ4v) is 4.91. The van der Waals surface area contributed by atoms with Gasteiger partial charge in [-0.1, -0.05) is 48.5 Å². The number of anilines is 1. The van der Waals surface area contributed by atoms with Crippen LogP contribution in [0, 0.1) is 0 Å². The van der Waals surface area contributed by atoms with Crippen LogP contribution in [-0.2, 0) is 7.05 Å². The predicted molar refractivity (Wildman–Crippen MR) is 123 cm³/mol. The van der Waals surface area contributed by atoms with Gasteiger partial charge in [-0.25, -0.2) is 4.98 Å². The summed E-state index contributed by atoms with van der Waals surface area (Å²) in [4.78, 5) is 9.90. The van der Waals surface area contributed by atoms with Crippen LogP contribution in [0.5, 0.6) is 0 Å². The minimum absolute atomic E-state index is 0.266. The highest BCUT2D eigenvalue weighted by molar-refractivity contribution is 9.10. The molecule has 0 spiro atoms. The smallest absolute Gasteiger partial charge is 0.141 e. The van der Waals surface area contributed by atoms with E-state index in [4.69, 9.17) is 4.98 Å². The molecule has 0 aliphatic carbocycles. The zero-order valence-corrected chi connectivity index (χ0v) is 18.6. The zero-order chi connectivity index (χ0) is 20.2. The number of halogens is 1. The van der Waals surface area contributed by atoms with Crippen LogP contribution in [0.2, 0.25) is 0 Å². The first-order chi connectivity index (χ1) is 14.2. The number of piperazine rings is 1. The summed E-state index contributed by atoms with van der Waals surface area (Å²) < 4.78 is 3.18. The predicted octanol–water partition coefficient (Wildman–Crippen LogP) is 3.93. The highest BCUT2D eigenvalue weighted by atomic mass is 79.9. The van der Waals surface area contributed by atoms with Gasteiger partial charge < -0.3 is 14.8 Å². The van der Waals surface area contributed by atoms with Crippen molar-refractivity contribution in [1.29, 1.82) is 0 Å². The number of hydrogen-bond donors (Lipinski definition) is 1. The third-order valence-corrected chi connectivity index (χ3v) is 6.30. The number of nitrogens with zero attached hydrogens (tertiary/aromatic N) is 4. The third-order valence-electron chi connectivity index (χ3n) is 5.72. The van der Waals surface area contributed by atoms with E-state index in [0.717, 1.165) is 48.7 Å². The molecule has 1 aromatic heterocycles. The van der Waals surface area contributed by atoms with Gasteiger partial charge in [-0.05, 0) is 35.1 Å². The average molecular weight is 454 g/mol. The lowest BCUT2D eigenvalue weighted by Crippen LogP contribution is -2.49. The number of benzene rings is 2. The monoisotopic (exact) mass is 453 g/mol. The Balaban J connectivity index is 1.57. The molecule has 2 heterocycles. The van der Waals surface area contributed by atoms with E-state index in [-0.39, 0.29) is 6.04 Å². The molecule has 5 nitrogen and oxygen atoms in total. The summed E-state index contributed by atoms with van der Waals surface area (Å²) in [5, 5.41) is 3.39. The van der Waals surface area contributed by atoms with Crippen LogP contribution >= 0.6 is 15.9 Å². The Kier molecular flexibility index (Phi) is 6.33. The normalized spacial score (nSPS) is 16.2. The summed E-state index contributed by atoms with van der Waals surface area (Å²) in [6.45, 7) is 5.01. The molecule has 1 atom stereocenters. The van der Waals surface area contributed by atoms with Crippen molar-refractivity contribution in [3.05, 3.63) is 71.0 Å². The quantitative estimate of drug-likeness (QED) is 0.613. The topological polar surface area (TPSA) is 36.3 Å². The van der Waals surface area contributed by atoms with E-state index < -0.39 is 0 Å². The van der Waals surface area contributed by atoms with Crippen LogP contribution in [0.25, 0.3) is 11.4 Å². The summed E-state index contributed by atoms with van der Waals surface area (Å²) in [6.07, 6.45) is 0. The molecule has 2 aromatic carbocycles. The maximum Gasteiger partial charge on any atom is 0.141 e. The third kappa shape index (κ3) is 4.25. The molecule has 6 heteroatoms. The maximum absolute atomic E-state index is 4.86. The van der Waals surface area contributed by atoms with E-state index in [1.807, 2.05) is 13.1 Å². The van der Waals surface area contributed by atoms with E-state index in [9.17, 15) is 0 Å². The zero-order valence-electron chi connectivity index (χ0n) is 17.1. The number of likely N-dealkylation sites (N-methyl/N-ethyl adjacent to an activating group) is 1. The molecule has 0 saturated carbocycles. The second kappa shape index (κ2) is 9.11. The Morgan fingerprint density at radius 3 is 2.21 bits per heavy atom. The minimum Gasteiger partial charge on any atom is -0.369 e. The lowest BCUT2D eigenvalue weighted by atomic mass is 10.1. The van der Waals surface area contributed by atoms with Crippen molar-refractivity contribution >= 4 is 21.6 Å².